The SMILES string of the molecule is Cc1ccc2oc(-c3ccc(O)cc3F)cc2c1. The Balaban J connectivity index is 2.19. The summed E-state index contributed by atoms with van der Waals surface area (Å²) >= 11 is 0. The molecule has 3 rings (SSSR count). The van der Waals surface area contributed by atoms with Crippen LogP contribution in [0.1, 0.15) is 5.56 Å². The van der Waals surface area contributed by atoms with E-state index < -0.39 is 5.82 Å². The van der Waals surface area contributed by atoms with Gasteiger partial charge in [0.25, 0.3) is 0 Å². The maximum absolute atomic E-state index is 13.7. The predicted molar refractivity (Wildman–Crippen MR) is 68.0 cm³/mol. The van der Waals surface area contributed by atoms with Crippen LogP contribution < -0.4 is 0 Å². The van der Waals surface area contributed by atoms with Gasteiger partial charge in [0.2, 0.25) is 0 Å². The van der Waals surface area contributed by atoms with Gasteiger partial charge in [0.05, 0.1) is 5.56 Å². The minimum atomic E-state index is -0.495. The molecular formula is C15H11FO2. The van der Waals surface area contributed by atoms with Crippen LogP contribution in [0.4, 0.5) is 4.39 Å². The van der Waals surface area contributed by atoms with E-state index in [-0.39, 0.29) is 5.75 Å². The number of phenols is 1. The van der Waals surface area contributed by atoms with Crippen LogP contribution in [-0.2, 0) is 0 Å². The van der Waals surface area contributed by atoms with Crippen molar-refractivity contribution >= 4 is 11.0 Å². The van der Waals surface area contributed by atoms with Gasteiger partial charge in [-0.1, -0.05) is 11.6 Å². The van der Waals surface area contributed by atoms with E-state index in [0.29, 0.717) is 11.3 Å². The average molecular weight is 242 g/mol. The Bertz CT molecular complexity index is 728. The summed E-state index contributed by atoms with van der Waals surface area (Å²) in [4.78, 5) is 0. The molecule has 0 unspecified atom stereocenters. The third-order valence-corrected chi connectivity index (χ3v) is 2.89. The van der Waals surface area contributed by atoms with Crippen LogP contribution in [0.2, 0.25) is 0 Å². The van der Waals surface area contributed by atoms with Gasteiger partial charge in [0.1, 0.15) is 22.9 Å². The zero-order chi connectivity index (χ0) is 12.7. The Morgan fingerprint density at radius 3 is 2.67 bits per heavy atom. The maximum atomic E-state index is 13.7. The van der Waals surface area contributed by atoms with Crippen molar-refractivity contribution in [1.82, 2.24) is 0 Å². The third-order valence-electron chi connectivity index (χ3n) is 2.89. The second-order valence-corrected chi connectivity index (χ2v) is 4.32. The first-order valence-electron chi connectivity index (χ1n) is 5.62. The summed E-state index contributed by atoms with van der Waals surface area (Å²) < 4.78 is 19.3. The second-order valence-electron chi connectivity index (χ2n) is 4.32. The van der Waals surface area contributed by atoms with Gasteiger partial charge in [0, 0.05) is 11.5 Å². The first-order valence-corrected chi connectivity index (χ1v) is 5.62. The molecule has 2 aromatic carbocycles. The highest BCUT2D eigenvalue weighted by atomic mass is 19.1. The molecule has 1 N–H and O–H groups in total. The molecule has 0 atom stereocenters. The van der Waals surface area contributed by atoms with Crippen LogP contribution in [0.5, 0.6) is 5.75 Å². The smallest absolute Gasteiger partial charge is 0.138 e. The van der Waals surface area contributed by atoms with Crippen LogP contribution in [0.25, 0.3) is 22.3 Å². The number of aryl methyl sites for hydroxylation is 1. The Labute approximate surface area is 103 Å². The number of aromatic hydroxyl groups is 1. The summed E-state index contributed by atoms with van der Waals surface area (Å²) in [5, 5.41) is 10.1. The maximum Gasteiger partial charge on any atom is 0.138 e. The summed E-state index contributed by atoms with van der Waals surface area (Å²) in [5.41, 5.74) is 2.20. The predicted octanol–water partition coefficient (Wildman–Crippen LogP) is 4.25. The molecule has 0 saturated heterocycles. The summed E-state index contributed by atoms with van der Waals surface area (Å²) in [5.74, 6) is -0.123. The number of hydrogen-bond donors (Lipinski definition) is 1. The summed E-state index contributed by atoms with van der Waals surface area (Å²) in [6.45, 7) is 1.99. The minimum absolute atomic E-state index is 0.0943. The van der Waals surface area contributed by atoms with Gasteiger partial charge in [-0.2, -0.15) is 0 Å². The molecule has 0 amide bonds. The van der Waals surface area contributed by atoms with Crippen LogP contribution >= 0.6 is 0 Å². The van der Waals surface area contributed by atoms with Gasteiger partial charge < -0.3 is 9.52 Å². The molecule has 0 radical (unpaired) electrons. The molecule has 0 aliphatic rings. The molecule has 0 fully saturated rings. The number of hydrogen-bond acceptors (Lipinski definition) is 2. The molecule has 90 valence electrons. The number of benzene rings is 2. The van der Waals surface area contributed by atoms with Gasteiger partial charge in [-0.3, -0.25) is 0 Å². The summed E-state index contributed by atoms with van der Waals surface area (Å²) in [6.07, 6.45) is 0. The molecule has 18 heavy (non-hydrogen) atoms. The van der Waals surface area contributed by atoms with Crippen molar-refractivity contribution in [3.05, 3.63) is 53.8 Å². The topological polar surface area (TPSA) is 33.4 Å². The first kappa shape index (κ1) is 10.8. The molecule has 1 aromatic heterocycles. The van der Waals surface area contributed by atoms with E-state index >= 15 is 0 Å². The number of fused-ring (bicyclic) bond motifs is 1. The highest BCUT2D eigenvalue weighted by Crippen LogP contribution is 2.31. The van der Waals surface area contributed by atoms with E-state index in [1.54, 1.807) is 6.07 Å². The molecule has 0 aliphatic heterocycles. The largest absolute Gasteiger partial charge is 0.508 e. The fourth-order valence-corrected chi connectivity index (χ4v) is 2.00. The lowest BCUT2D eigenvalue weighted by Crippen LogP contribution is -1.80. The number of phenolic OH excluding ortho intramolecular Hbond substituents is 1. The lowest BCUT2D eigenvalue weighted by molar-refractivity contribution is 0.469. The molecule has 0 bridgehead atoms. The van der Waals surface area contributed by atoms with Gasteiger partial charge in [-0.05, 0) is 37.3 Å². The highest BCUT2D eigenvalue weighted by Gasteiger charge is 2.11. The monoisotopic (exact) mass is 242 g/mol. The Hall–Kier alpha value is -2.29. The Kier molecular flexibility index (Phi) is 2.33. The fourth-order valence-electron chi connectivity index (χ4n) is 2.00. The molecule has 1 heterocycles. The normalized spacial score (nSPS) is 11.0. The quantitative estimate of drug-likeness (QED) is 0.691. The van der Waals surface area contributed by atoms with E-state index in [2.05, 4.69) is 0 Å². The van der Waals surface area contributed by atoms with Crippen LogP contribution in [-0.4, -0.2) is 5.11 Å². The number of halogens is 1. The standard InChI is InChI=1S/C15H11FO2/c1-9-2-5-14-10(6-9)7-15(18-14)12-4-3-11(17)8-13(12)16/h2-8,17H,1H3. The van der Waals surface area contributed by atoms with Crippen molar-refractivity contribution in [3.63, 3.8) is 0 Å². The summed E-state index contributed by atoms with van der Waals surface area (Å²) in [6, 6.07) is 11.6. The van der Waals surface area contributed by atoms with E-state index in [0.717, 1.165) is 22.6 Å². The van der Waals surface area contributed by atoms with Crippen molar-refractivity contribution in [2.45, 2.75) is 6.92 Å². The molecule has 0 spiro atoms. The van der Waals surface area contributed by atoms with Gasteiger partial charge in [0.15, 0.2) is 0 Å². The molecule has 0 aliphatic carbocycles. The first-order chi connectivity index (χ1) is 8.63. The fraction of sp³-hybridized carbons (Fsp3) is 0.0667. The lowest BCUT2D eigenvalue weighted by atomic mass is 10.1. The number of rotatable bonds is 1. The Morgan fingerprint density at radius 1 is 1.06 bits per heavy atom. The third kappa shape index (κ3) is 1.74. The summed E-state index contributed by atoms with van der Waals surface area (Å²) in [7, 11) is 0. The second kappa shape index (κ2) is 3.88. The molecule has 3 heteroatoms. The van der Waals surface area contributed by atoms with Crippen LogP contribution in [0, 0.1) is 12.7 Å². The van der Waals surface area contributed by atoms with Gasteiger partial charge in [-0.15, -0.1) is 0 Å². The van der Waals surface area contributed by atoms with Gasteiger partial charge in [-0.25, -0.2) is 4.39 Å². The van der Waals surface area contributed by atoms with E-state index in [9.17, 15) is 9.50 Å². The highest BCUT2D eigenvalue weighted by molar-refractivity contribution is 5.83. The Morgan fingerprint density at radius 2 is 1.89 bits per heavy atom. The lowest BCUT2D eigenvalue weighted by Gasteiger charge is -1.99. The zero-order valence-electron chi connectivity index (χ0n) is 9.77. The molecule has 2 nitrogen and oxygen atoms in total. The zero-order valence-corrected chi connectivity index (χ0v) is 9.77. The van der Waals surface area contributed by atoms with E-state index in [1.807, 2.05) is 25.1 Å². The number of furan rings is 1. The van der Waals surface area contributed by atoms with E-state index in [1.165, 1.54) is 12.1 Å². The van der Waals surface area contributed by atoms with Crippen molar-refractivity contribution in [2.24, 2.45) is 0 Å². The average Bonchev–Trinajstić information content (AvgIpc) is 2.71. The van der Waals surface area contributed by atoms with Crippen molar-refractivity contribution in [3.8, 4) is 17.1 Å². The van der Waals surface area contributed by atoms with Crippen molar-refractivity contribution < 1.29 is 13.9 Å². The van der Waals surface area contributed by atoms with Crippen LogP contribution in [0.3, 0.4) is 0 Å². The molecule has 0 saturated carbocycles. The van der Waals surface area contributed by atoms with Gasteiger partial charge >= 0.3 is 0 Å². The molecule has 3 aromatic rings. The van der Waals surface area contributed by atoms with E-state index in [4.69, 9.17) is 4.42 Å². The van der Waals surface area contributed by atoms with Crippen LogP contribution in [0.15, 0.2) is 46.9 Å². The molecular weight excluding hydrogens is 231 g/mol. The van der Waals surface area contributed by atoms with Crippen molar-refractivity contribution in [1.29, 1.82) is 0 Å². The minimum Gasteiger partial charge on any atom is -0.508 e. The van der Waals surface area contributed by atoms with Crippen molar-refractivity contribution in [2.75, 3.05) is 0 Å².